The van der Waals surface area contributed by atoms with E-state index >= 15 is 0 Å². The summed E-state index contributed by atoms with van der Waals surface area (Å²) in [7, 11) is 0. The van der Waals surface area contributed by atoms with Crippen molar-refractivity contribution in [3.63, 3.8) is 0 Å². The molecule has 4 amide bonds. The maximum absolute atomic E-state index is 12.9. The fourth-order valence-electron chi connectivity index (χ4n) is 4.35. The highest BCUT2D eigenvalue weighted by atomic mass is 35.5. The van der Waals surface area contributed by atoms with E-state index in [1.807, 2.05) is 0 Å². The summed E-state index contributed by atoms with van der Waals surface area (Å²) in [5.74, 6) is -0.470. The molecule has 10 heteroatoms. The highest BCUT2D eigenvalue weighted by molar-refractivity contribution is 6.31. The van der Waals surface area contributed by atoms with E-state index in [1.54, 1.807) is 30.3 Å². The quantitative estimate of drug-likeness (QED) is 0.665. The number of amides is 4. The van der Waals surface area contributed by atoms with E-state index in [-0.39, 0.29) is 24.8 Å². The third kappa shape index (κ3) is 4.11. The van der Waals surface area contributed by atoms with E-state index in [4.69, 9.17) is 21.1 Å². The molecule has 1 atom stereocenters. The summed E-state index contributed by atoms with van der Waals surface area (Å²) >= 11 is 6.11. The standard InChI is InChI=1S/C23H20ClN3O6/c24-15-8-13-5-6-32-20(13)17(9-15)25-23(31)33-11-12-1-2-14-10-27(22(30)16(14)7-12)18-3-4-19(28)26-21(18)29/h1-2,7-9,18H,3-6,10-11H2,(H,25,31)(H,26,28,29). The number of nitrogens with one attached hydrogen (secondary N) is 2. The maximum atomic E-state index is 12.9. The second-order valence-corrected chi connectivity index (χ2v) is 8.57. The molecule has 3 heterocycles. The lowest BCUT2D eigenvalue weighted by Crippen LogP contribution is -2.52. The lowest BCUT2D eigenvalue weighted by Gasteiger charge is -2.29. The summed E-state index contributed by atoms with van der Waals surface area (Å²) in [6.45, 7) is 0.773. The number of ether oxygens (including phenoxy) is 2. The second-order valence-electron chi connectivity index (χ2n) is 8.13. The highest BCUT2D eigenvalue weighted by Crippen LogP contribution is 2.36. The molecule has 0 saturated carbocycles. The fraction of sp³-hybridized carbons (Fsp3) is 0.304. The molecule has 5 rings (SSSR count). The first-order valence-corrected chi connectivity index (χ1v) is 10.9. The molecule has 3 aliphatic rings. The van der Waals surface area contributed by atoms with Crippen LogP contribution in [0.3, 0.4) is 0 Å². The molecule has 1 unspecified atom stereocenters. The van der Waals surface area contributed by atoms with Crippen LogP contribution < -0.4 is 15.4 Å². The Kier molecular flexibility index (Phi) is 5.41. The molecule has 0 aromatic heterocycles. The molecule has 2 aromatic rings. The van der Waals surface area contributed by atoms with Gasteiger partial charge in [-0.05, 0) is 35.7 Å². The number of fused-ring (bicyclic) bond motifs is 2. The number of halogens is 1. The number of rotatable bonds is 4. The van der Waals surface area contributed by atoms with E-state index in [0.717, 1.165) is 17.5 Å². The number of nitrogens with zero attached hydrogens (tertiary/aromatic N) is 1. The van der Waals surface area contributed by atoms with Crippen LogP contribution in [-0.4, -0.2) is 41.4 Å². The summed E-state index contributed by atoms with van der Waals surface area (Å²) in [6.07, 6.45) is 0.550. The van der Waals surface area contributed by atoms with Crippen LogP contribution in [0.1, 0.15) is 39.9 Å². The molecule has 2 N–H and O–H groups in total. The smallest absolute Gasteiger partial charge is 0.412 e. The average Bonchev–Trinajstić information content (AvgIpc) is 3.37. The van der Waals surface area contributed by atoms with Gasteiger partial charge in [0, 0.05) is 35.5 Å². The first-order chi connectivity index (χ1) is 15.9. The average molecular weight is 470 g/mol. The molecule has 1 fully saturated rings. The van der Waals surface area contributed by atoms with Crippen LogP contribution in [0.4, 0.5) is 10.5 Å². The molecule has 1 saturated heterocycles. The Balaban J connectivity index is 1.23. The predicted molar refractivity (Wildman–Crippen MR) is 117 cm³/mol. The van der Waals surface area contributed by atoms with E-state index in [2.05, 4.69) is 10.6 Å². The van der Waals surface area contributed by atoms with E-state index < -0.39 is 18.0 Å². The number of hydrogen-bond donors (Lipinski definition) is 2. The van der Waals surface area contributed by atoms with E-state index in [1.165, 1.54) is 4.90 Å². The minimum atomic E-state index is -0.674. The maximum Gasteiger partial charge on any atom is 0.412 e. The first kappa shape index (κ1) is 21.3. The molecule has 0 spiro atoms. The Bertz CT molecular complexity index is 1200. The molecular weight excluding hydrogens is 450 g/mol. The van der Waals surface area contributed by atoms with Crippen LogP contribution in [0.5, 0.6) is 5.75 Å². The number of carbonyl (C=O) groups excluding carboxylic acids is 4. The topological polar surface area (TPSA) is 114 Å². The molecule has 0 radical (unpaired) electrons. The molecule has 0 bridgehead atoms. The molecule has 3 aliphatic heterocycles. The summed E-state index contributed by atoms with van der Waals surface area (Å²) in [5, 5.41) is 5.43. The number of hydrogen-bond acceptors (Lipinski definition) is 6. The van der Waals surface area contributed by atoms with Crippen molar-refractivity contribution in [3.05, 3.63) is 57.6 Å². The lowest BCUT2D eigenvalue weighted by atomic mass is 10.0. The summed E-state index contributed by atoms with van der Waals surface area (Å²) in [6, 6.07) is 7.96. The number of piperidine rings is 1. The SMILES string of the molecule is O=C1CCC(N2Cc3ccc(COC(=O)Nc4cc(Cl)cc5c4OCC5)cc3C2=O)C(=O)N1. The van der Waals surface area contributed by atoms with Gasteiger partial charge in [0.05, 0.1) is 12.3 Å². The van der Waals surface area contributed by atoms with Crippen LogP contribution in [0.25, 0.3) is 0 Å². The Hall–Kier alpha value is -3.59. The highest BCUT2D eigenvalue weighted by Gasteiger charge is 2.39. The molecule has 9 nitrogen and oxygen atoms in total. The monoisotopic (exact) mass is 469 g/mol. The number of imide groups is 1. The van der Waals surface area contributed by atoms with Gasteiger partial charge in [-0.15, -0.1) is 0 Å². The van der Waals surface area contributed by atoms with Gasteiger partial charge < -0.3 is 14.4 Å². The second kappa shape index (κ2) is 8.40. The van der Waals surface area contributed by atoms with Gasteiger partial charge in [-0.2, -0.15) is 0 Å². The van der Waals surface area contributed by atoms with Gasteiger partial charge in [0.2, 0.25) is 11.8 Å². The summed E-state index contributed by atoms with van der Waals surface area (Å²) in [5.41, 5.74) is 3.25. The van der Waals surface area contributed by atoms with Crippen LogP contribution in [0.2, 0.25) is 5.02 Å². The third-order valence-corrected chi connectivity index (χ3v) is 6.17. The van der Waals surface area contributed by atoms with Crippen LogP contribution in [-0.2, 0) is 33.9 Å². The van der Waals surface area contributed by atoms with E-state index in [0.29, 0.717) is 47.2 Å². The first-order valence-electron chi connectivity index (χ1n) is 10.5. The molecule has 33 heavy (non-hydrogen) atoms. The van der Waals surface area contributed by atoms with Crippen molar-refractivity contribution in [2.24, 2.45) is 0 Å². The van der Waals surface area contributed by atoms with Gasteiger partial charge >= 0.3 is 6.09 Å². The summed E-state index contributed by atoms with van der Waals surface area (Å²) in [4.78, 5) is 50.3. The van der Waals surface area contributed by atoms with Gasteiger partial charge in [0.25, 0.3) is 5.91 Å². The Morgan fingerprint density at radius 3 is 2.85 bits per heavy atom. The zero-order valence-corrected chi connectivity index (χ0v) is 18.2. The van der Waals surface area contributed by atoms with Crippen molar-refractivity contribution in [2.45, 2.75) is 38.5 Å². The van der Waals surface area contributed by atoms with Gasteiger partial charge in [0.15, 0.2) is 0 Å². The normalized spacial score (nSPS) is 19.0. The van der Waals surface area contributed by atoms with Crippen LogP contribution in [0, 0.1) is 0 Å². The van der Waals surface area contributed by atoms with Crippen molar-refractivity contribution < 1.29 is 28.7 Å². The van der Waals surface area contributed by atoms with Gasteiger partial charge in [-0.3, -0.25) is 25.0 Å². The van der Waals surface area contributed by atoms with Crippen molar-refractivity contribution in [3.8, 4) is 5.75 Å². The van der Waals surface area contributed by atoms with Crippen molar-refractivity contribution in [2.75, 3.05) is 11.9 Å². The Morgan fingerprint density at radius 2 is 2.03 bits per heavy atom. The fourth-order valence-corrected chi connectivity index (χ4v) is 4.59. The minimum absolute atomic E-state index is 0.0472. The van der Waals surface area contributed by atoms with Crippen molar-refractivity contribution in [1.29, 1.82) is 0 Å². The predicted octanol–water partition coefficient (Wildman–Crippen LogP) is 2.78. The summed E-state index contributed by atoms with van der Waals surface area (Å²) < 4.78 is 10.9. The van der Waals surface area contributed by atoms with Gasteiger partial charge in [-0.1, -0.05) is 23.7 Å². The Labute approximate surface area is 194 Å². The van der Waals surface area contributed by atoms with E-state index in [9.17, 15) is 19.2 Å². The molecule has 170 valence electrons. The van der Waals surface area contributed by atoms with Crippen LogP contribution in [0.15, 0.2) is 30.3 Å². The number of carbonyl (C=O) groups is 4. The Morgan fingerprint density at radius 1 is 1.18 bits per heavy atom. The third-order valence-electron chi connectivity index (χ3n) is 5.95. The molecule has 0 aliphatic carbocycles. The number of benzene rings is 2. The van der Waals surface area contributed by atoms with Gasteiger partial charge in [-0.25, -0.2) is 4.79 Å². The minimum Gasteiger partial charge on any atom is -0.491 e. The zero-order chi connectivity index (χ0) is 23.1. The molecule has 2 aromatic carbocycles. The van der Waals surface area contributed by atoms with Crippen molar-refractivity contribution in [1.82, 2.24) is 10.2 Å². The largest absolute Gasteiger partial charge is 0.491 e. The van der Waals surface area contributed by atoms with Crippen LogP contribution >= 0.6 is 11.6 Å². The van der Waals surface area contributed by atoms with Crippen molar-refractivity contribution >= 4 is 41.1 Å². The zero-order valence-electron chi connectivity index (χ0n) is 17.5. The lowest BCUT2D eigenvalue weighted by molar-refractivity contribution is -0.136. The van der Waals surface area contributed by atoms with Gasteiger partial charge in [0.1, 0.15) is 18.4 Å². The molecular formula is C23H20ClN3O6. The number of anilines is 1.